The van der Waals surface area contributed by atoms with Gasteiger partial charge in [-0.15, -0.1) is 0 Å². The molecule has 0 fully saturated rings. The van der Waals surface area contributed by atoms with Crippen LogP contribution < -0.4 is 4.74 Å². The summed E-state index contributed by atoms with van der Waals surface area (Å²) < 4.78 is 5.34. The molecule has 2 N–H and O–H groups in total. The van der Waals surface area contributed by atoms with Crippen molar-refractivity contribution in [2.24, 2.45) is 0 Å². The minimum absolute atomic E-state index is 0.0773. The fraction of sp³-hybridized carbons (Fsp3) is 0.250. The second-order valence-corrected chi connectivity index (χ2v) is 3.88. The van der Waals surface area contributed by atoms with Crippen LogP contribution in [0, 0.1) is 0 Å². The molecule has 0 saturated heterocycles. The summed E-state index contributed by atoms with van der Waals surface area (Å²) in [7, 11) is 0. The zero-order chi connectivity index (χ0) is 13.7. The summed E-state index contributed by atoms with van der Waals surface area (Å²) in [5.41, 5.74) is 0.189. The summed E-state index contributed by atoms with van der Waals surface area (Å²) in [6.07, 6.45) is 2.31. The van der Waals surface area contributed by atoms with Crippen molar-refractivity contribution in [2.45, 2.75) is 12.6 Å². The molecule has 19 heavy (non-hydrogen) atoms. The number of aromatic nitrogens is 3. The van der Waals surface area contributed by atoms with E-state index in [1.165, 1.54) is 29.3 Å². The molecule has 2 rings (SSSR count). The molecule has 0 radical (unpaired) electrons. The number of rotatable bonds is 6. The Morgan fingerprint density at radius 3 is 2.47 bits per heavy atom. The average Bonchev–Trinajstić information content (AvgIpc) is 2.89. The molecule has 0 aliphatic rings. The van der Waals surface area contributed by atoms with Gasteiger partial charge in [-0.05, 0) is 24.3 Å². The van der Waals surface area contributed by atoms with Crippen molar-refractivity contribution >= 4 is 5.97 Å². The van der Waals surface area contributed by atoms with Crippen molar-refractivity contribution in [3.05, 3.63) is 42.2 Å². The molecule has 1 heterocycles. The van der Waals surface area contributed by atoms with Crippen LogP contribution >= 0.6 is 0 Å². The van der Waals surface area contributed by atoms with Gasteiger partial charge in [0.2, 0.25) is 0 Å². The normalized spacial score (nSPS) is 12.1. The molecule has 7 nitrogen and oxygen atoms in total. The third-order valence-corrected chi connectivity index (χ3v) is 2.38. The fourth-order valence-electron chi connectivity index (χ4n) is 1.46. The summed E-state index contributed by atoms with van der Waals surface area (Å²) in [5, 5.41) is 26.2. The maximum Gasteiger partial charge on any atom is 0.335 e. The molecule has 0 spiro atoms. The molecular weight excluding hydrogens is 250 g/mol. The van der Waals surface area contributed by atoms with E-state index in [1.54, 1.807) is 12.1 Å². The number of carbonyl (C=O) groups is 1. The summed E-state index contributed by atoms with van der Waals surface area (Å²) in [5.74, 6) is -0.492. The van der Waals surface area contributed by atoms with Crippen LogP contribution in [0.1, 0.15) is 10.4 Å². The van der Waals surface area contributed by atoms with Crippen LogP contribution in [-0.4, -0.2) is 43.9 Å². The van der Waals surface area contributed by atoms with Gasteiger partial charge < -0.3 is 14.9 Å². The maximum absolute atomic E-state index is 10.7. The van der Waals surface area contributed by atoms with Gasteiger partial charge in [-0.25, -0.2) is 4.79 Å². The van der Waals surface area contributed by atoms with E-state index in [9.17, 15) is 9.90 Å². The van der Waals surface area contributed by atoms with Crippen LogP contribution in [0.15, 0.2) is 36.7 Å². The van der Waals surface area contributed by atoms with E-state index in [0.717, 1.165) is 0 Å². The lowest BCUT2D eigenvalue weighted by Gasteiger charge is -2.11. The highest BCUT2D eigenvalue weighted by molar-refractivity contribution is 5.87. The van der Waals surface area contributed by atoms with Crippen LogP contribution in [-0.2, 0) is 6.54 Å². The number of hydrogen-bond acceptors (Lipinski definition) is 5. The summed E-state index contributed by atoms with van der Waals surface area (Å²) in [6.45, 7) is 0.314. The molecule has 2 aromatic rings. The Balaban J connectivity index is 1.83. The third kappa shape index (κ3) is 3.78. The third-order valence-electron chi connectivity index (χ3n) is 2.38. The number of ether oxygens (including phenoxy) is 1. The predicted molar refractivity (Wildman–Crippen MR) is 64.9 cm³/mol. The van der Waals surface area contributed by atoms with Gasteiger partial charge in [-0.2, -0.15) is 15.0 Å². The quantitative estimate of drug-likeness (QED) is 0.783. The smallest absolute Gasteiger partial charge is 0.335 e. The summed E-state index contributed by atoms with van der Waals surface area (Å²) in [6, 6.07) is 5.98. The largest absolute Gasteiger partial charge is 0.491 e. The molecule has 7 heteroatoms. The standard InChI is InChI=1S/C12H13N3O4/c16-10(7-15-13-5-6-14-15)8-19-11-3-1-9(2-4-11)12(17)18/h1-6,10,16H,7-8H2,(H,17,18). The van der Waals surface area contributed by atoms with Gasteiger partial charge in [-0.3, -0.25) is 0 Å². The van der Waals surface area contributed by atoms with Crippen LogP contribution in [0.2, 0.25) is 0 Å². The molecule has 1 unspecified atom stereocenters. The van der Waals surface area contributed by atoms with Gasteiger partial charge in [0, 0.05) is 0 Å². The van der Waals surface area contributed by atoms with E-state index in [0.29, 0.717) is 5.75 Å². The number of benzene rings is 1. The fourth-order valence-corrected chi connectivity index (χ4v) is 1.46. The van der Waals surface area contributed by atoms with Gasteiger partial charge in [0.25, 0.3) is 0 Å². The lowest BCUT2D eigenvalue weighted by Crippen LogP contribution is -2.24. The predicted octanol–water partition coefficient (Wildman–Crippen LogP) is 0.416. The molecule has 0 aliphatic carbocycles. The van der Waals surface area contributed by atoms with Crippen molar-refractivity contribution in [1.29, 1.82) is 0 Å². The molecular formula is C12H13N3O4. The Hall–Kier alpha value is -2.41. The van der Waals surface area contributed by atoms with Gasteiger partial charge in [0.1, 0.15) is 18.5 Å². The van der Waals surface area contributed by atoms with Crippen molar-refractivity contribution in [2.75, 3.05) is 6.61 Å². The Morgan fingerprint density at radius 2 is 1.89 bits per heavy atom. The van der Waals surface area contributed by atoms with E-state index in [4.69, 9.17) is 9.84 Å². The Labute approximate surface area is 109 Å². The molecule has 100 valence electrons. The average molecular weight is 263 g/mol. The van der Waals surface area contributed by atoms with Gasteiger partial charge >= 0.3 is 5.97 Å². The molecule has 0 saturated carbocycles. The number of aromatic carboxylic acids is 1. The lowest BCUT2D eigenvalue weighted by molar-refractivity contribution is 0.0696. The van der Waals surface area contributed by atoms with Crippen molar-refractivity contribution in [1.82, 2.24) is 15.0 Å². The second-order valence-electron chi connectivity index (χ2n) is 3.88. The number of carboxylic acid groups (broad SMARTS) is 1. The number of nitrogens with zero attached hydrogens (tertiary/aromatic N) is 3. The number of aliphatic hydroxyl groups is 1. The minimum Gasteiger partial charge on any atom is -0.491 e. The van der Waals surface area contributed by atoms with Gasteiger partial charge in [0.05, 0.1) is 24.5 Å². The maximum atomic E-state index is 10.7. The van der Waals surface area contributed by atoms with E-state index in [1.807, 2.05) is 0 Å². The molecule has 0 amide bonds. The summed E-state index contributed by atoms with van der Waals surface area (Å²) in [4.78, 5) is 12.0. The summed E-state index contributed by atoms with van der Waals surface area (Å²) >= 11 is 0. The van der Waals surface area contributed by atoms with Gasteiger partial charge in [0.15, 0.2) is 0 Å². The van der Waals surface area contributed by atoms with E-state index in [2.05, 4.69) is 10.2 Å². The Bertz CT molecular complexity index is 524. The first-order valence-corrected chi connectivity index (χ1v) is 5.63. The SMILES string of the molecule is O=C(O)c1ccc(OCC(O)Cn2nccn2)cc1. The van der Waals surface area contributed by atoms with Crippen LogP contribution in [0.3, 0.4) is 0 Å². The highest BCUT2D eigenvalue weighted by Crippen LogP contribution is 2.12. The monoisotopic (exact) mass is 263 g/mol. The van der Waals surface area contributed by atoms with Crippen LogP contribution in [0.5, 0.6) is 5.75 Å². The molecule has 1 aromatic heterocycles. The van der Waals surface area contributed by atoms with E-state index < -0.39 is 12.1 Å². The topological polar surface area (TPSA) is 97.5 Å². The molecule has 1 aromatic carbocycles. The van der Waals surface area contributed by atoms with Crippen molar-refractivity contribution in [3.8, 4) is 5.75 Å². The first-order valence-electron chi connectivity index (χ1n) is 5.63. The Kier molecular flexibility index (Phi) is 4.09. The van der Waals surface area contributed by atoms with Gasteiger partial charge in [-0.1, -0.05) is 0 Å². The zero-order valence-electron chi connectivity index (χ0n) is 10.0. The van der Waals surface area contributed by atoms with E-state index in [-0.39, 0.29) is 18.7 Å². The highest BCUT2D eigenvalue weighted by Gasteiger charge is 2.08. The first-order chi connectivity index (χ1) is 9.15. The van der Waals surface area contributed by atoms with Crippen molar-refractivity contribution < 1.29 is 19.7 Å². The Morgan fingerprint density at radius 1 is 1.26 bits per heavy atom. The lowest BCUT2D eigenvalue weighted by atomic mass is 10.2. The number of hydrogen-bond donors (Lipinski definition) is 2. The highest BCUT2D eigenvalue weighted by atomic mass is 16.5. The van der Waals surface area contributed by atoms with Crippen LogP contribution in [0.4, 0.5) is 0 Å². The number of carboxylic acids is 1. The molecule has 1 atom stereocenters. The second kappa shape index (κ2) is 5.96. The molecule has 0 aliphatic heterocycles. The van der Waals surface area contributed by atoms with Crippen molar-refractivity contribution in [3.63, 3.8) is 0 Å². The number of aliphatic hydroxyl groups excluding tert-OH is 1. The molecule has 0 bridgehead atoms. The van der Waals surface area contributed by atoms with E-state index >= 15 is 0 Å². The minimum atomic E-state index is -0.989. The zero-order valence-corrected chi connectivity index (χ0v) is 10.0. The first kappa shape index (κ1) is 13.0. The van der Waals surface area contributed by atoms with Crippen LogP contribution in [0.25, 0.3) is 0 Å².